The minimum Gasteiger partial charge on any atom is -0.338 e. The molecule has 0 N–H and O–H groups in total. The molecule has 0 fully saturated rings. The zero-order valence-corrected chi connectivity index (χ0v) is 16.7. The third kappa shape index (κ3) is 4.12. The van der Waals surface area contributed by atoms with Crippen LogP contribution < -0.4 is 5.56 Å². The van der Waals surface area contributed by atoms with Crippen LogP contribution in [0.15, 0.2) is 37.1 Å². The number of aryl methyl sites for hydroxylation is 1. The maximum atomic E-state index is 12.9. The highest BCUT2D eigenvalue weighted by Crippen LogP contribution is 2.23. The Balaban J connectivity index is 1.99. The Morgan fingerprint density at radius 3 is 2.80 bits per heavy atom. The molecule has 1 aromatic carbocycles. The quantitative estimate of drug-likeness (QED) is 0.440. The number of benzene rings is 1. The first-order chi connectivity index (χ1) is 12.0. The molecule has 2 aromatic heterocycles. The molecule has 0 aliphatic heterocycles. The lowest BCUT2D eigenvalue weighted by molar-refractivity contribution is 0.385. The minimum absolute atomic E-state index is 0.0257. The SMILES string of the molecule is CCc1noc(CSc2nc3ccc(Br)cc3c(=O)n2CC(C)C)n1. The molecular formula is C17H19BrN4O2S. The summed E-state index contributed by atoms with van der Waals surface area (Å²) in [5.74, 6) is 2.05. The summed E-state index contributed by atoms with van der Waals surface area (Å²) in [4.78, 5) is 21.9. The van der Waals surface area contributed by atoms with E-state index in [0.29, 0.717) is 46.0 Å². The van der Waals surface area contributed by atoms with Crippen molar-refractivity contribution >= 4 is 38.6 Å². The molecule has 2 heterocycles. The molecule has 0 radical (unpaired) electrons. The number of aromatic nitrogens is 4. The maximum absolute atomic E-state index is 12.9. The van der Waals surface area contributed by atoms with Crippen LogP contribution in [0.3, 0.4) is 0 Å². The number of halogens is 1. The fourth-order valence-electron chi connectivity index (χ4n) is 2.43. The van der Waals surface area contributed by atoms with Gasteiger partial charge < -0.3 is 4.52 Å². The van der Waals surface area contributed by atoms with Crippen LogP contribution in [0, 0.1) is 5.92 Å². The lowest BCUT2D eigenvalue weighted by Gasteiger charge is -2.14. The van der Waals surface area contributed by atoms with Gasteiger partial charge in [-0.15, -0.1) is 0 Å². The van der Waals surface area contributed by atoms with E-state index in [9.17, 15) is 4.79 Å². The standard InChI is InChI=1S/C17H19BrN4O2S/c1-4-14-20-15(24-21-14)9-25-17-19-13-6-5-11(18)7-12(13)16(23)22(17)8-10(2)3/h5-7,10H,4,8-9H2,1-3H3. The Bertz CT molecular complexity index is 951. The number of hydrogen-bond acceptors (Lipinski definition) is 6. The summed E-state index contributed by atoms with van der Waals surface area (Å²) in [5.41, 5.74) is 0.665. The Kier molecular flexibility index (Phi) is 5.58. The van der Waals surface area contributed by atoms with Gasteiger partial charge in [-0.2, -0.15) is 4.98 Å². The second-order valence-corrected chi connectivity index (χ2v) is 7.97. The molecule has 0 aliphatic carbocycles. The highest BCUT2D eigenvalue weighted by atomic mass is 79.9. The van der Waals surface area contributed by atoms with E-state index in [0.717, 1.165) is 10.9 Å². The first kappa shape index (κ1) is 18.1. The molecule has 8 heteroatoms. The fraction of sp³-hybridized carbons (Fsp3) is 0.412. The molecule has 0 bridgehead atoms. The van der Waals surface area contributed by atoms with E-state index in [1.807, 2.05) is 25.1 Å². The molecular weight excluding hydrogens is 404 g/mol. The van der Waals surface area contributed by atoms with Crippen molar-refractivity contribution in [2.24, 2.45) is 5.92 Å². The van der Waals surface area contributed by atoms with Gasteiger partial charge in [0.2, 0.25) is 5.89 Å². The molecule has 3 aromatic rings. The summed E-state index contributed by atoms with van der Waals surface area (Å²) in [6.45, 7) is 6.75. The zero-order chi connectivity index (χ0) is 18.0. The Hall–Kier alpha value is -1.67. The molecule has 6 nitrogen and oxygen atoms in total. The molecule has 25 heavy (non-hydrogen) atoms. The van der Waals surface area contributed by atoms with Crippen molar-refractivity contribution < 1.29 is 4.52 Å². The summed E-state index contributed by atoms with van der Waals surface area (Å²) in [5, 5.41) is 5.19. The molecule has 0 amide bonds. The normalized spacial score (nSPS) is 11.6. The van der Waals surface area contributed by atoms with Crippen molar-refractivity contribution in [1.29, 1.82) is 0 Å². The van der Waals surface area contributed by atoms with Gasteiger partial charge in [-0.25, -0.2) is 4.98 Å². The van der Waals surface area contributed by atoms with Crippen molar-refractivity contribution in [2.45, 2.75) is 44.6 Å². The van der Waals surface area contributed by atoms with Crippen LogP contribution in [-0.2, 0) is 18.7 Å². The second-order valence-electron chi connectivity index (χ2n) is 6.11. The van der Waals surface area contributed by atoms with E-state index >= 15 is 0 Å². The number of nitrogens with zero attached hydrogens (tertiary/aromatic N) is 4. The highest BCUT2D eigenvalue weighted by Gasteiger charge is 2.15. The van der Waals surface area contributed by atoms with Crippen LogP contribution in [0.4, 0.5) is 0 Å². The van der Waals surface area contributed by atoms with Crippen LogP contribution in [-0.4, -0.2) is 19.7 Å². The number of hydrogen-bond donors (Lipinski definition) is 0. The van der Waals surface area contributed by atoms with Crippen molar-refractivity contribution in [3.63, 3.8) is 0 Å². The van der Waals surface area contributed by atoms with Gasteiger partial charge in [0.1, 0.15) is 0 Å². The molecule has 0 saturated heterocycles. The van der Waals surface area contributed by atoms with Crippen molar-refractivity contribution in [3.05, 3.63) is 44.7 Å². The number of rotatable bonds is 6. The predicted octanol–water partition coefficient (Wildman–Crippen LogP) is 4.05. The summed E-state index contributed by atoms with van der Waals surface area (Å²) in [6.07, 6.45) is 0.731. The van der Waals surface area contributed by atoms with E-state index in [4.69, 9.17) is 4.52 Å². The third-order valence-corrected chi connectivity index (χ3v) is 5.03. The predicted molar refractivity (Wildman–Crippen MR) is 102 cm³/mol. The van der Waals surface area contributed by atoms with Crippen molar-refractivity contribution in [3.8, 4) is 0 Å². The lowest BCUT2D eigenvalue weighted by atomic mass is 10.2. The molecule has 0 saturated carbocycles. The maximum Gasteiger partial charge on any atom is 0.262 e. The first-order valence-electron chi connectivity index (χ1n) is 8.12. The van der Waals surface area contributed by atoms with Gasteiger partial charge in [0.15, 0.2) is 11.0 Å². The number of fused-ring (bicyclic) bond motifs is 1. The van der Waals surface area contributed by atoms with E-state index in [1.165, 1.54) is 11.8 Å². The molecule has 0 unspecified atom stereocenters. The fourth-order valence-corrected chi connectivity index (χ4v) is 3.63. The van der Waals surface area contributed by atoms with Gasteiger partial charge in [-0.3, -0.25) is 9.36 Å². The topological polar surface area (TPSA) is 73.8 Å². The first-order valence-corrected chi connectivity index (χ1v) is 9.90. The van der Waals surface area contributed by atoms with Crippen LogP contribution in [0.2, 0.25) is 0 Å². The van der Waals surface area contributed by atoms with Crippen molar-refractivity contribution in [2.75, 3.05) is 0 Å². The summed E-state index contributed by atoms with van der Waals surface area (Å²) in [6, 6.07) is 5.56. The molecule has 3 rings (SSSR count). The zero-order valence-electron chi connectivity index (χ0n) is 14.3. The monoisotopic (exact) mass is 422 g/mol. The second kappa shape index (κ2) is 7.70. The minimum atomic E-state index is -0.0257. The van der Waals surface area contributed by atoms with Gasteiger partial charge in [0, 0.05) is 17.4 Å². The van der Waals surface area contributed by atoms with Gasteiger partial charge in [0.05, 0.1) is 16.7 Å². The largest absolute Gasteiger partial charge is 0.338 e. The van der Waals surface area contributed by atoms with E-state index in [1.54, 1.807) is 4.57 Å². The van der Waals surface area contributed by atoms with E-state index in [2.05, 4.69) is 44.9 Å². The molecule has 0 spiro atoms. The highest BCUT2D eigenvalue weighted by molar-refractivity contribution is 9.10. The smallest absolute Gasteiger partial charge is 0.262 e. The van der Waals surface area contributed by atoms with Crippen molar-refractivity contribution in [1.82, 2.24) is 19.7 Å². The number of thioether (sulfide) groups is 1. The van der Waals surface area contributed by atoms with Gasteiger partial charge >= 0.3 is 0 Å². The molecule has 132 valence electrons. The Morgan fingerprint density at radius 1 is 1.32 bits per heavy atom. The molecule has 0 aliphatic rings. The van der Waals surface area contributed by atoms with Crippen LogP contribution in [0.1, 0.15) is 32.5 Å². The van der Waals surface area contributed by atoms with Crippen LogP contribution >= 0.6 is 27.7 Å². The lowest BCUT2D eigenvalue weighted by Crippen LogP contribution is -2.25. The van der Waals surface area contributed by atoms with Gasteiger partial charge in [0.25, 0.3) is 5.56 Å². The summed E-state index contributed by atoms with van der Waals surface area (Å²) in [7, 11) is 0. The van der Waals surface area contributed by atoms with Gasteiger partial charge in [-0.05, 0) is 24.1 Å². The van der Waals surface area contributed by atoms with Crippen LogP contribution in [0.25, 0.3) is 10.9 Å². The summed E-state index contributed by atoms with van der Waals surface area (Å²) < 4.78 is 7.83. The third-order valence-electron chi connectivity index (χ3n) is 3.58. The van der Waals surface area contributed by atoms with E-state index < -0.39 is 0 Å². The Morgan fingerprint density at radius 2 is 2.12 bits per heavy atom. The van der Waals surface area contributed by atoms with Crippen LogP contribution in [0.5, 0.6) is 0 Å². The average Bonchev–Trinajstić information content (AvgIpc) is 3.04. The molecule has 0 atom stereocenters. The van der Waals surface area contributed by atoms with Gasteiger partial charge in [-0.1, -0.05) is 53.6 Å². The summed E-state index contributed by atoms with van der Waals surface area (Å²) >= 11 is 4.87. The van der Waals surface area contributed by atoms with E-state index in [-0.39, 0.29) is 5.56 Å². The average molecular weight is 423 g/mol. The Labute approximate surface area is 158 Å².